The third kappa shape index (κ3) is 9.21. The minimum absolute atomic E-state index is 0.0585. The van der Waals surface area contributed by atoms with Crippen LogP contribution < -0.4 is 10.1 Å². The number of esters is 1. The van der Waals surface area contributed by atoms with Gasteiger partial charge in [-0.3, -0.25) is 4.79 Å². The normalized spacial score (nSPS) is 16.5. The van der Waals surface area contributed by atoms with Crippen LogP contribution in [0.25, 0.3) is 6.08 Å². The molecule has 202 valence electrons. The quantitative estimate of drug-likeness (QED) is 0.501. The smallest absolute Gasteiger partial charge is 0.490 e. The average Bonchev–Trinajstić information content (AvgIpc) is 3.22. The molecule has 1 aliphatic heterocycles. The van der Waals surface area contributed by atoms with Crippen molar-refractivity contribution in [2.75, 3.05) is 26.8 Å². The van der Waals surface area contributed by atoms with Gasteiger partial charge in [0.1, 0.15) is 5.75 Å². The lowest BCUT2D eigenvalue weighted by Crippen LogP contribution is -2.32. The van der Waals surface area contributed by atoms with E-state index in [1.54, 1.807) is 25.6 Å². The first-order valence-electron chi connectivity index (χ1n) is 11.1. The van der Waals surface area contributed by atoms with E-state index in [4.69, 9.17) is 19.4 Å². The molecule has 0 radical (unpaired) electrons. The van der Waals surface area contributed by atoms with Crippen molar-refractivity contribution < 1.29 is 42.1 Å². The van der Waals surface area contributed by atoms with E-state index in [0.29, 0.717) is 18.8 Å². The number of nitrogens with one attached hydrogen (secondary N) is 1. The molecule has 1 saturated heterocycles. The highest BCUT2D eigenvalue weighted by molar-refractivity contribution is 8.14. The number of thioether (sulfide) groups is 1. The first kappa shape index (κ1) is 29.8. The van der Waals surface area contributed by atoms with Crippen molar-refractivity contribution in [3.63, 3.8) is 0 Å². The van der Waals surface area contributed by atoms with E-state index in [0.717, 1.165) is 29.9 Å². The average molecular weight is 545 g/mol. The summed E-state index contributed by atoms with van der Waals surface area (Å²) >= 11 is 1.32. The number of benzene rings is 1. The molecule has 1 unspecified atom stereocenters. The Kier molecular flexibility index (Phi) is 11.1. The number of piperidine rings is 1. The van der Waals surface area contributed by atoms with Crippen LogP contribution in [0, 0.1) is 0 Å². The van der Waals surface area contributed by atoms with E-state index >= 15 is 0 Å². The van der Waals surface area contributed by atoms with Gasteiger partial charge in [-0.1, -0.05) is 29.1 Å². The molecule has 3 rings (SSSR count). The molecular weight excluding hydrogens is 517 g/mol. The predicted octanol–water partition coefficient (Wildman–Crippen LogP) is 3.17. The predicted molar refractivity (Wildman–Crippen MR) is 129 cm³/mol. The summed E-state index contributed by atoms with van der Waals surface area (Å²) in [6.45, 7) is 5.50. The second kappa shape index (κ2) is 13.8. The SMILES string of the molecule is CCOC(=O)c1nnn(Cc2ccc(OC)cc2)c1C=C1CNCCC1SC(C)=O.O=C(O)C(F)(F)F. The third-order valence-corrected chi connectivity index (χ3v) is 6.09. The minimum atomic E-state index is -5.08. The van der Waals surface area contributed by atoms with Crippen LogP contribution in [0.5, 0.6) is 5.75 Å². The Labute approximate surface area is 215 Å². The summed E-state index contributed by atoms with van der Waals surface area (Å²) in [5.74, 6) is -2.50. The van der Waals surface area contributed by atoms with E-state index in [1.165, 1.54) is 11.8 Å². The van der Waals surface area contributed by atoms with Gasteiger partial charge in [0.15, 0.2) is 10.8 Å². The number of aromatic nitrogens is 3. The molecule has 37 heavy (non-hydrogen) atoms. The molecule has 2 N–H and O–H groups in total. The molecule has 0 spiro atoms. The van der Waals surface area contributed by atoms with Crippen LogP contribution in [0.4, 0.5) is 13.2 Å². The summed E-state index contributed by atoms with van der Waals surface area (Å²) in [6, 6.07) is 7.64. The molecule has 0 amide bonds. The fraction of sp³-hybridized carbons (Fsp3) is 0.435. The maximum atomic E-state index is 12.5. The van der Waals surface area contributed by atoms with Crippen LogP contribution >= 0.6 is 11.8 Å². The molecule has 0 saturated carbocycles. The van der Waals surface area contributed by atoms with Gasteiger partial charge in [-0.2, -0.15) is 13.2 Å². The number of carbonyl (C=O) groups excluding carboxylic acids is 2. The Bertz CT molecular complexity index is 1120. The zero-order valence-corrected chi connectivity index (χ0v) is 21.2. The Hall–Kier alpha value is -3.39. The first-order valence-corrected chi connectivity index (χ1v) is 12.0. The number of carboxylic acid groups (broad SMARTS) is 1. The number of ether oxygens (including phenoxy) is 2. The Morgan fingerprint density at radius 1 is 1.27 bits per heavy atom. The second-order valence-electron chi connectivity index (χ2n) is 7.64. The molecule has 0 aliphatic carbocycles. The summed E-state index contributed by atoms with van der Waals surface area (Å²) in [6.07, 6.45) is -2.33. The van der Waals surface area contributed by atoms with Crippen LogP contribution in [-0.4, -0.2) is 75.4 Å². The number of hydrogen-bond donors (Lipinski definition) is 2. The van der Waals surface area contributed by atoms with Gasteiger partial charge in [0, 0.05) is 18.7 Å². The van der Waals surface area contributed by atoms with Crippen molar-refractivity contribution in [3.05, 3.63) is 46.8 Å². The summed E-state index contributed by atoms with van der Waals surface area (Å²) in [5, 5.41) is 18.9. The molecule has 14 heteroatoms. The highest BCUT2D eigenvalue weighted by atomic mass is 32.2. The van der Waals surface area contributed by atoms with Crippen LogP contribution in [0.2, 0.25) is 0 Å². The van der Waals surface area contributed by atoms with Gasteiger partial charge in [0.25, 0.3) is 0 Å². The summed E-state index contributed by atoms with van der Waals surface area (Å²) in [5.41, 5.74) is 2.78. The van der Waals surface area contributed by atoms with Gasteiger partial charge in [0.2, 0.25) is 0 Å². The highest BCUT2D eigenvalue weighted by Crippen LogP contribution is 2.28. The molecule has 1 fully saturated rings. The standard InChI is InChI=1S/C21H26N4O4S.C2HF3O2/c1-4-29-21(27)20-18(11-16-12-22-10-9-19(16)30-14(2)26)25(24-23-20)13-15-5-7-17(28-3)8-6-15;3-2(4,5)1(6)7/h5-8,11,19,22H,4,9-10,12-13H2,1-3H3;(H,6,7). The van der Waals surface area contributed by atoms with E-state index in [1.807, 2.05) is 30.3 Å². The maximum Gasteiger partial charge on any atom is 0.490 e. The van der Waals surface area contributed by atoms with Gasteiger partial charge >= 0.3 is 18.1 Å². The van der Waals surface area contributed by atoms with Gasteiger partial charge in [-0.15, -0.1) is 5.10 Å². The number of carbonyl (C=O) groups is 3. The summed E-state index contributed by atoms with van der Waals surface area (Å²) in [7, 11) is 1.62. The van der Waals surface area contributed by atoms with Crippen LogP contribution in [-0.2, 0) is 20.9 Å². The van der Waals surface area contributed by atoms with Crippen molar-refractivity contribution >= 4 is 34.9 Å². The number of hydrogen-bond acceptors (Lipinski definition) is 9. The number of nitrogens with zero attached hydrogens (tertiary/aromatic N) is 3. The second-order valence-corrected chi connectivity index (χ2v) is 9.01. The van der Waals surface area contributed by atoms with Gasteiger partial charge in [0.05, 0.1) is 26.0 Å². The third-order valence-electron chi connectivity index (χ3n) is 4.93. The van der Waals surface area contributed by atoms with E-state index in [-0.39, 0.29) is 22.7 Å². The molecule has 10 nitrogen and oxygen atoms in total. The zero-order chi connectivity index (χ0) is 27.6. The van der Waals surface area contributed by atoms with Gasteiger partial charge in [-0.25, -0.2) is 14.3 Å². The van der Waals surface area contributed by atoms with Crippen LogP contribution in [0.3, 0.4) is 0 Å². The molecule has 1 aliphatic rings. The van der Waals surface area contributed by atoms with Crippen molar-refractivity contribution in [2.45, 2.75) is 38.2 Å². The van der Waals surface area contributed by atoms with Crippen LogP contribution in [0.1, 0.15) is 42.0 Å². The molecule has 2 heterocycles. The number of methoxy groups -OCH3 is 1. The summed E-state index contributed by atoms with van der Waals surface area (Å²) < 4.78 is 43.8. The molecule has 1 aromatic carbocycles. The number of rotatable bonds is 7. The highest BCUT2D eigenvalue weighted by Gasteiger charge is 2.38. The summed E-state index contributed by atoms with van der Waals surface area (Å²) in [4.78, 5) is 33.0. The minimum Gasteiger partial charge on any atom is -0.497 e. The molecule has 2 aromatic rings. The lowest BCUT2D eigenvalue weighted by atomic mass is 10.0. The van der Waals surface area contributed by atoms with Crippen molar-refractivity contribution in [1.29, 1.82) is 0 Å². The zero-order valence-electron chi connectivity index (χ0n) is 20.4. The Balaban J connectivity index is 0.000000604. The number of alkyl halides is 3. The maximum absolute atomic E-state index is 12.5. The van der Waals surface area contributed by atoms with Crippen LogP contribution in [0.15, 0.2) is 29.8 Å². The molecular formula is C23H27F3N4O6S. The van der Waals surface area contributed by atoms with Gasteiger partial charge < -0.3 is 19.9 Å². The topological polar surface area (TPSA) is 133 Å². The molecule has 1 atom stereocenters. The number of carboxylic acids is 1. The number of aliphatic carboxylic acids is 1. The molecule has 0 bridgehead atoms. The largest absolute Gasteiger partial charge is 0.497 e. The van der Waals surface area contributed by atoms with Crippen molar-refractivity contribution in [2.24, 2.45) is 0 Å². The fourth-order valence-corrected chi connectivity index (χ4v) is 4.19. The van der Waals surface area contributed by atoms with E-state index < -0.39 is 18.1 Å². The van der Waals surface area contributed by atoms with Gasteiger partial charge in [-0.05, 0) is 49.2 Å². The van der Waals surface area contributed by atoms with E-state index in [9.17, 15) is 22.8 Å². The lowest BCUT2D eigenvalue weighted by molar-refractivity contribution is -0.192. The number of halogens is 3. The molecule has 1 aromatic heterocycles. The Morgan fingerprint density at radius 3 is 2.46 bits per heavy atom. The van der Waals surface area contributed by atoms with E-state index in [2.05, 4.69) is 15.6 Å². The monoisotopic (exact) mass is 544 g/mol. The fourth-order valence-electron chi connectivity index (χ4n) is 3.25. The Morgan fingerprint density at radius 2 is 1.92 bits per heavy atom. The first-order chi connectivity index (χ1) is 17.5. The lowest BCUT2D eigenvalue weighted by Gasteiger charge is -2.25. The van der Waals surface area contributed by atoms with Crippen molar-refractivity contribution in [1.82, 2.24) is 20.3 Å². The van der Waals surface area contributed by atoms with Crippen molar-refractivity contribution in [3.8, 4) is 5.75 Å².